The van der Waals surface area contributed by atoms with Gasteiger partial charge in [0.05, 0.1) is 6.61 Å². The molecule has 10 heavy (non-hydrogen) atoms. The lowest BCUT2D eigenvalue weighted by Crippen LogP contribution is -2.02. The average Bonchev–Trinajstić information content (AvgIpc) is 2.64. The molecule has 0 aromatic heterocycles. The van der Waals surface area contributed by atoms with Crippen LogP contribution in [0.15, 0.2) is 12.2 Å². The Hall–Kier alpha value is -0.830. The van der Waals surface area contributed by atoms with Crippen LogP contribution in [0.2, 0.25) is 0 Å². The van der Waals surface area contributed by atoms with Gasteiger partial charge in [-0.2, -0.15) is 0 Å². The molecule has 0 atom stereocenters. The number of hydrogen-bond donors (Lipinski definition) is 2. The molecule has 2 N–H and O–H groups in total. The van der Waals surface area contributed by atoms with E-state index in [2.05, 4.69) is 0 Å². The molecule has 3 nitrogen and oxygen atoms in total. The van der Waals surface area contributed by atoms with Crippen LogP contribution in [-0.4, -0.2) is 22.8 Å². The summed E-state index contributed by atoms with van der Waals surface area (Å²) in [5.74, 6) is -0.945. The lowest BCUT2D eigenvalue weighted by molar-refractivity contribution is -0.131. The van der Waals surface area contributed by atoms with Crippen LogP contribution >= 0.6 is 0 Å². The first kappa shape index (κ1) is 7.28. The molecule has 1 fully saturated rings. The molecule has 0 spiro atoms. The SMILES string of the molecule is O=C(O)C=CC1(CO)CC1. The van der Waals surface area contributed by atoms with Crippen LogP contribution in [0, 0.1) is 5.41 Å². The minimum absolute atomic E-state index is 0.0662. The largest absolute Gasteiger partial charge is 0.478 e. The first-order valence-electron chi connectivity index (χ1n) is 3.22. The van der Waals surface area contributed by atoms with Crippen molar-refractivity contribution in [3.8, 4) is 0 Å². The smallest absolute Gasteiger partial charge is 0.327 e. The van der Waals surface area contributed by atoms with Gasteiger partial charge in [-0.1, -0.05) is 6.08 Å². The number of carboxylic acid groups (broad SMARTS) is 1. The van der Waals surface area contributed by atoms with Crippen LogP contribution in [0.3, 0.4) is 0 Å². The van der Waals surface area contributed by atoms with Crippen LogP contribution in [-0.2, 0) is 4.79 Å². The third-order valence-corrected chi connectivity index (χ3v) is 1.79. The Labute approximate surface area is 59.0 Å². The Kier molecular flexibility index (Phi) is 1.76. The highest BCUT2D eigenvalue weighted by molar-refractivity contribution is 5.79. The van der Waals surface area contributed by atoms with E-state index in [9.17, 15) is 4.79 Å². The van der Waals surface area contributed by atoms with Crippen molar-refractivity contribution in [2.45, 2.75) is 12.8 Å². The molecule has 1 saturated carbocycles. The van der Waals surface area contributed by atoms with Gasteiger partial charge in [-0.15, -0.1) is 0 Å². The fraction of sp³-hybridized carbons (Fsp3) is 0.571. The number of aliphatic hydroxyl groups excluding tert-OH is 1. The maximum Gasteiger partial charge on any atom is 0.327 e. The molecule has 0 bridgehead atoms. The van der Waals surface area contributed by atoms with E-state index in [1.807, 2.05) is 0 Å². The molecule has 0 aromatic carbocycles. The Morgan fingerprint density at radius 2 is 2.20 bits per heavy atom. The predicted molar refractivity (Wildman–Crippen MR) is 35.5 cm³/mol. The molecule has 0 radical (unpaired) electrons. The second-order valence-electron chi connectivity index (χ2n) is 2.69. The highest BCUT2D eigenvalue weighted by atomic mass is 16.4. The fourth-order valence-electron chi connectivity index (χ4n) is 0.786. The Bertz CT molecular complexity index is 168. The number of hydrogen-bond acceptors (Lipinski definition) is 2. The number of aliphatic hydroxyl groups is 1. The zero-order valence-corrected chi connectivity index (χ0v) is 5.58. The van der Waals surface area contributed by atoms with E-state index in [-0.39, 0.29) is 12.0 Å². The van der Waals surface area contributed by atoms with Gasteiger partial charge < -0.3 is 10.2 Å². The molecule has 0 aromatic rings. The van der Waals surface area contributed by atoms with E-state index in [1.54, 1.807) is 6.08 Å². The average molecular weight is 142 g/mol. The molecule has 1 aliphatic rings. The van der Waals surface area contributed by atoms with Gasteiger partial charge in [-0.25, -0.2) is 4.79 Å². The predicted octanol–water partition coefficient (Wildman–Crippen LogP) is 0.400. The minimum atomic E-state index is -0.945. The molecule has 0 amide bonds. The molecule has 3 heteroatoms. The number of carbonyl (C=O) groups is 1. The summed E-state index contributed by atoms with van der Waals surface area (Å²) in [6.45, 7) is 0.0662. The monoisotopic (exact) mass is 142 g/mol. The van der Waals surface area contributed by atoms with Crippen molar-refractivity contribution in [2.24, 2.45) is 5.41 Å². The van der Waals surface area contributed by atoms with Crippen molar-refractivity contribution in [3.05, 3.63) is 12.2 Å². The van der Waals surface area contributed by atoms with Gasteiger partial charge in [0.15, 0.2) is 0 Å². The molecular formula is C7H10O3. The van der Waals surface area contributed by atoms with Crippen LogP contribution < -0.4 is 0 Å². The van der Waals surface area contributed by atoms with Crippen molar-refractivity contribution in [1.82, 2.24) is 0 Å². The summed E-state index contributed by atoms with van der Waals surface area (Å²) in [7, 11) is 0. The zero-order chi connectivity index (χ0) is 7.61. The number of rotatable bonds is 3. The molecule has 0 unspecified atom stereocenters. The summed E-state index contributed by atoms with van der Waals surface area (Å²) in [5, 5.41) is 17.0. The second kappa shape index (κ2) is 2.42. The minimum Gasteiger partial charge on any atom is -0.478 e. The zero-order valence-electron chi connectivity index (χ0n) is 5.58. The summed E-state index contributed by atoms with van der Waals surface area (Å²) in [6.07, 6.45) is 4.50. The third kappa shape index (κ3) is 1.57. The van der Waals surface area contributed by atoms with E-state index in [0.717, 1.165) is 18.9 Å². The molecular weight excluding hydrogens is 132 g/mol. The molecule has 56 valence electrons. The van der Waals surface area contributed by atoms with Gasteiger partial charge in [-0.05, 0) is 12.8 Å². The van der Waals surface area contributed by atoms with Crippen LogP contribution in [0.4, 0.5) is 0 Å². The van der Waals surface area contributed by atoms with Gasteiger partial charge in [0.2, 0.25) is 0 Å². The molecule has 1 aliphatic carbocycles. The summed E-state index contributed by atoms with van der Waals surface area (Å²) in [4.78, 5) is 10.0. The normalized spacial score (nSPS) is 21.3. The first-order chi connectivity index (χ1) is 4.68. The van der Waals surface area contributed by atoms with Crippen LogP contribution in [0.5, 0.6) is 0 Å². The number of aliphatic carboxylic acids is 1. The Morgan fingerprint density at radius 3 is 2.50 bits per heavy atom. The van der Waals surface area contributed by atoms with Crippen molar-refractivity contribution in [2.75, 3.05) is 6.61 Å². The van der Waals surface area contributed by atoms with Gasteiger partial charge >= 0.3 is 5.97 Å². The highest BCUT2D eigenvalue weighted by Gasteiger charge is 2.39. The fourth-order valence-corrected chi connectivity index (χ4v) is 0.786. The second-order valence-corrected chi connectivity index (χ2v) is 2.69. The molecule has 0 aliphatic heterocycles. The van der Waals surface area contributed by atoms with Crippen molar-refractivity contribution >= 4 is 5.97 Å². The van der Waals surface area contributed by atoms with Gasteiger partial charge in [0.1, 0.15) is 0 Å². The quantitative estimate of drug-likeness (QED) is 0.561. The van der Waals surface area contributed by atoms with Crippen LogP contribution in [0.25, 0.3) is 0 Å². The van der Waals surface area contributed by atoms with Crippen LogP contribution in [0.1, 0.15) is 12.8 Å². The maximum absolute atomic E-state index is 10.0. The van der Waals surface area contributed by atoms with E-state index >= 15 is 0 Å². The lowest BCUT2D eigenvalue weighted by Gasteiger charge is -2.00. The summed E-state index contributed by atoms with van der Waals surface area (Å²) in [5.41, 5.74) is -0.182. The Balaban J connectivity index is 2.44. The topological polar surface area (TPSA) is 57.5 Å². The molecule has 0 saturated heterocycles. The number of carboxylic acids is 1. The highest BCUT2D eigenvalue weighted by Crippen LogP contribution is 2.46. The summed E-state index contributed by atoms with van der Waals surface area (Å²) < 4.78 is 0. The van der Waals surface area contributed by atoms with E-state index in [1.165, 1.54) is 0 Å². The lowest BCUT2D eigenvalue weighted by atomic mass is 10.1. The maximum atomic E-state index is 10.0. The van der Waals surface area contributed by atoms with E-state index in [4.69, 9.17) is 10.2 Å². The van der Waals surface area contributed by atoms with Crippen molar-refractivity contribution in [3.63, 3.8) is 0 Å². The van der Waals surface area contributed by atoms with Crippen molar-refractivity contribution in [1.29, 1.82) is 0 Å². The summed E-state index contributed by atoms with van der Waals surface area (Å²) in [6, 6.07) is 0. The van der Waals surface area contributed by atoms with Crippen molar-refractivity contribution < 1.29 is 15.0 Å². The molecule has 1 rings (SSSR count). The van der Waals surface area contributed by atoms with Gasteiger partial charge in [-0.3, -0.25) is 0 Å². The van der Waals surface area contributed by atoms with E-state index < -0.39 is 5.97 Å². The molecule has 0 heterocycles. The first-order valence-corrected chi connectivity index (χ1v) is 3.22. The standard InChI is InChI=1S/C7H10O3/c8-5-7(3-4-7)2-1-6(9)10/h1-2,8H,3-5H2,(H,9,10). The van der Waals surface area contributed by atoms with Gasteiger partial charge in [0.25, 0.3) is 0 Å². The Morgan fingerprint density at radius 1 is 1.60 bits per heavy atom. The third-order valence-electron chi connectivity index (χ3n) is 1.79. The van der Waals surface area contributed by atoms with Gasteiger partial charge in [0, 0.05) is 11.5 Å². The van der Waals surface area contributed by atoms with E-state index in [0.29, 0.717) is 0 Å². The summed E-state index contributed by atoms with van der Waals surface area (Å²) >= 11 is 0.